The predicted molar refractivity (Wildman–Crippen MR) is 85.4 cm³/mol. The number of nitrogens with zero attached hydrogens (tertiary/aromatic N) is 3. The van der Waals surface area contributed by atoms with E-state index >= 15 is 0 Å². The Kier molecular flexibility index (Phi) is 8.79. The van der Waals surface area contributed by atoms with Gasteiger partial charge in [0.25, 0.3) is 5.91 Å². The number of carbonyl (C=O) groups is 2. The van der Waals surface area contributed by atoms with Crippen LogP contribution in [0.4, 0.5) is 0 Å². The molecule has 0 aromatic carbocycles. The number of unbranched alkanes of at least 4 members (excludes halogenated alkanes) is 2. The summed E-state index contributed by atoms with van der Waals surface area (Å²) >= 11 is 0. The summed E-state index contributed by atoms with van der Waals surface area (Å²) in [5, 5.41) is 2.87. The van der Waals surface area contributed by atoms with Crippen molar-refractivity contribution in [1.29, 1.82) is 0 Å². The van der Waals surface area contributed by atoms with E-state index in [9.17, 15) is 9.59 Å². The molecule has 1 aromatic heterocycles. The lowest BCUT2D eigenvalue weighted by Gasteiger charge is -2.21. The Balaban J connectivity index is 2.53. The van der Waals surface area contributed by atoms with Crippen LogP contribution in [0.3, 0.4) is 0 Å². The molecule has 2 amide bonds. The van der Waals surface area contributed by atoms with Gasteiger partial charge in [-0.3, -0.25) is 14.6 Å². The third kappa shape index (κ3) is 6.65. The SMILES string of the molecule is CCCCNC(=O)CCN(CCCC)C(=O)c1cnccn1. The standard InChI is InChI=1S/C16H26N4O2/c1-3-5-8-19-15(21)7-12-20(11-6-4-2)16(22)14-13-17-9-10-18-14/h9-10,13H,3-8,11-12H2,1-2H3,(H,19,21). The average molecular weight is 306 g/mol. The Hall–Kier alpha value is -1.98. The highest BCUT2D eigenvalue weighted by atomic mass is 16.2. The van der Waals surface area contributed by atoms with Crippen molar-refractivity contribution in [2.45, 2.75) is 46.0 Å². The van der Waals surface area contributed by atoms with Crippen molar-refractivity contribution in [1.82, 2.24) is 20.2 Å². The molecular weight excluding hydrogens is 280 g/mol. The lowest BCUT2D eigenvalue weighted by atomic mass is 10.2. The molecule has 0 bridgehead atoms. The van der Waals surface area contributed by atoms with Gasteiger partial charge in [-0.15, -0.1) is 0 Å². The molecule has 1 N–H and O–H groups in total. The molecular formula is C16H26N4O2. The monoisotopic (exact) mass is 306 g/mol. The van der Waals surface area contributed by atoms with Crippen molar-refractivity contribution in [2.75, 3.05) is 19.6 Å². The van der Waals surface area contributed by atoms with Crippen LogP contribution in [0.25, 0.3) is 0 Å². The van der Waals surface area contributed by atoms with Gasteiger partial charge in [-0.25, -0.2) is 4.98 Å². The minimum atomic E-state index is -0.164. The molecule has 6 heteroatoms. The lowest BCUT2D eigenvalue weighted by molar-refractivity contribution is -0.121. The second-order valence-electron chi connectivity index (χ2n) is 5.19. The molecule has 0 unspecified atom stereocenters. The fourth-order valence-electron chi connectivity index (χ4n) is 1.96. The summed E-state index contributed by atoms with van der Waals surface area (Å²) in [6.45, 7) is 5.89. The molecule has 1 heterocycles. The zero-order chi connectivity index (χ0) is 16.2. The quantitative estimate of drug-likeness (QED) is 0.671. The van der Waals surface area contributed by atoms with Crippen molar-refractivity contribution in [3.05, 3.63) is 24.3 Å². The minimum Gasteiger partial charge on any atom is -0.356 e. The maximum Gasteiger partial charge on any atom is 0.274 e. The molecule has 0 radical (unpaired) electrons. The first-order valence-corrected chi connectivity index (χ1v) is 8.01. The number of amides is 2. The van der Waals surface area contributed by atoms with Crippen LogP contribution in [0, 0.1) is 0 Å². The molecule has 0 aliphatic rings. The second kappa shape index (κ2) is 10.7. The van der Waals surface area contributed by atoms with Gasteiger partial charge in [0.1, 0.15) is 5.69 Å². The van der Waals surface area contributed by atoms with Gasteiger partial charge in [-0.05, 0) is 12.8 Å². The Morgan fingerprint density at radius 1 is 1.14 bits per heavy atom. The van der Waals surface area contributed by atoms with Crippen molar-refractivity contribution < 1.29 is 9.59 Å². The van der Waals surface area contributed by atoms with Crippen molar-refractivity contribution in [2.24, 2.45) is 0 Å². The van der Waals surface area contributed by atoms with Crippen molar-refractivity contribution in [3.63, 3.8) is 0 Å². The number of hydrogen-bond donors (Lipinski definition) is 1. The number of hydrogen-bond acceptors (Lipinski definition) is 4. The third-order valence-corrected chi connectivity index (χ3v) is 3.31. The summed E-state index contributed by atoms with van der Waals surface area (Å²) in [6, 6.07) is 0. The summed E-state index contributed by atoms with van der Waals surface area (Å²) < 4.78 is 0. The molecule has 6 nitrogen and oxygen atoms in total. The first-order valence-electron chi connectivity index (χ1n) is 8.01. The summed E-state index contributed by atoms with van der Waals surface area (Å²) in [6.07, 6.45) is 8.74. The number of nitrogens with one attached hydrogen (secondary N) is 1. The van der Waals surface area contributed by atoms with Gasteiger partial charge < -0.3 is 10.2 Å². The van der Waals surface area contributed by atoms with Crippen molar-refractivity contribution >= 4 is 11.8 Å². The van der Waals surface area contributed by atoms with Crippen LogP contribution in [0.2, 0.25) is 0 Å². The van der Waals surface area contributed by atoms with Gasteiger partial charge in [-0.2, -0.15) is 0 Å². The molecule has 1 rings (SSSR count). The Morgan fingerprint density at radius 2 is 1.91 bits per heavy atom. The average Bonchev–Trinajstić information content (AvgIpc) is 2.55. The van der Waals surface area contributed by atoms with E-state index in [0.29, 0.717) is 31.7 Å². The van der Waals surface area contributed by atoms with Crippen LogP contribution in [0.1, 0.15) is 56.4 Å². The topological polar surface area (TPSA) is 75.2 Å². The summed E-state index contributed by atoms with van der Waals surface area (Å²) in [4.78, 5) is 33.8. The second-order valence-corrected chi connectivity index (χ2v) is 5.19. The van der Waals surface area contributed by atoms with Crippen LogP contribution >= 0.6 is 0 Å². The zero-order valence-corrected chi connectivity index (χ0v) is 13.5. The Morgan fingerprint density at radius 3 is 2.55 bits per heavy atom. The summed E-state index contributed by atoms with van der Waals surface area (Å²) in [5.41, 5.74) is 0.324. The third-order valence-electron chi connectivity index (χ3n) is 3.31. The van der Waals surface area contributed by atoms with Crippen LogP contribution in [0.5, 0.6) is 0 Å². The number of carbonyl (C=O) groups excluding carboxylic acids is 2. The highest BCUT2D eigenvalue weighted by molar-refractivity contribution is 5.92. The summed E-state index contributed by atoms with van der Waals surface area (Å²) in [5.74, 6) is -0.176. The van der Waals surface area contributed by atoms with Gasteiger partial charge in [0, 0.05) is 38.4 Å². The molecule has 0 atom stereocenters. The molecule has 22 heavy (non-hydrogen) atoms. The van der Waals surface area contributed by atoms with Crippen LogP contribution in [0.15, 0.2) is 18.6 Å². The van der Waals surface area contributed by atoms with Gasteiger partial charge in [-0.1, -0.05) is 26.7 Å². The molecule has 0 aliphatic heterocycles. The van der Waals surface area contributed by atoms with E-state index < -0.39 is 0 Å². The van der Waals surface area contributed by atoms with E-state index in [4.69, 9.17) is 0 Å². The minimum absolute atomic E-state index is 0.0121. The van der Waals surface area contributed by atoms with E-state index in [2.05, 4.69) is 29.1 Å². The molecule has 1 aromatic rings. The Labute approximate surface area is 132 Å². The molecule has 0 fully saturated rings. The van der Waals surface area contributed by atoms with Gasteiger partial charge in [0.05, 0.1) is 6.20 Å². The van der Waals surface area contributed by atoms with Crippen LogP contribution in [-0.4, -0.2) is 46.3 Å². The normalized spacial score (nSPS) is 10.3. The molecule has 0 saturated carbocycles. The van der Waals surface area contributed by atoms with E-state index in [-0.39, 0.29) is 11.8 Å². The van der Waals surface area contributed by atoms with Gasteiger partial charge in [0.2, 0.25) is 5.91 Å². The largest absolute Gasteiger partial charge is 0.356 e. The van der Waals surface area contributed by atoms with E-state index in [1.807, 2.05) is 0 Å². The first kappa shape index (κ1) is 18.1. The van der Waals surface area contributed by atoms with E-state index in [1.54, 1.807) is 4.90 Å². The molecule has 0 spiro atoms. The van der Waals surface area contributed by atoms with Gasteiger partial charge >= 0.3 is 0 Å². The van der Waals surface area contributed by atoms with E-state index in [1.165, 1.54) is 18.6 Å². The lowest BCUT2D eigenvalue weighted by Crippen LogP contribution is -2.36. The maximum absolute atomic E-state index is 12.4. The number of rotatable bonds is 10. The smallest absolute Gasteiger partial charge is 0.274 e. The maximum atomic E-state index is 12.4. The predicted octanol–water partition coefficient (Wildman–Crippen LogP) is 2.03. The van der Waals surface area contributed by atoms with Crippen molar-refractivity contribution in [3.8, 4) is 0 Å². The number of aromatic nitrogens is 2. The highest BCUT2D eigenvalue weighted by Crippen LogP contribution is 2.04. The molecule has 122 valence electrons. The fraction of sp³-hybridized carbons (Fsp3) is 0.625. The Bertz CT molecular complexity index is 451. The highest BCUT2D eigenvalue weighted by Gasteiger charge is 2.17. The molecule has 0 saturated heterocycles. The van der Waals surface area contributed by atoms with Gasteiger partial charge in [0.15, 0.2) is 0 Å². The fourth-order valence-corrected chi connectivity index (χ4v) is 1.96. The molecule has 0 aliphatic carbocycles. The van der Waals surface area contributed by atoms with Crippen LogP contribution in [-0.2, 0) is 4.79 Å². The van der Waals surface area contributed by atoms with Crippen LogP contribution < -0.4 is 5.32 Å². The zero-order valence-electron chi connectivity index (χ0n) is 13.5. The first-order chi connectivity index (χ1) is 10.7. The summed E-state index contributed by atoms with van der Waals surface area (Å²) in [7, 11) is 0. The van der Waals surface area contributed by atoms with E-state index in [0.717, 1.165) is 25.7 Å².